The number of amides is 3. The van der Waals surface area contributed by atoms with Crippen LogP contribution in [0.2, 0.25) is 5.02 Å². The average molecular weight is 390 g/mol. The zero-order chi connectivity index (χ0) is 18.5. The highest BCUT2D eigenvalue weighted by atomic mass is 35.5. The summed E-state index contributed by atoms with van der Waals surface area (Å²) in [6.45, 7) is -0.00863. The van der Waals surface area contributed by atoms with E-state index in [0.717, 1.165) is 0 Å². The number of hydrogen-bond acceptors (Lipinski definition) is 4. The van der Waals surface area contributed by atoms with Crippen LogP contribution in [0.1, 0.15) is 10.4 Å². The maximum absolute atomic E-state index is 12.4. The second kappa shape index (κ2) is 8.25. The van der Waals surface area contributed by atoms with Gasteiger partial charge < -0.3 is 15.5 Å². The van der Waals surface area contributed by atoms with Gasteiger partial charge in [0, 0.05) is 10.6 Å². The van der Waals surface area contributed by atoms with E-state index in [1.165, 1.54) is 16.7 Å². The number of hydrogen-bond donors (Lipinski definition) is 2. The first-order valence-corrected chi connectivity index (χ1v) is 9.37. The van der Waals surface area contributed by atoms with E-state index in [9.17, 15) is 14.4 Å². The normalized spacial score (nSPS) is 13.6. The molecule has 0 saturated carbocycles. The number of rotatable bonds is 5. The number of thioether (sulfide) groups is 1. The van der Waals surface area contributed by atoms with Crippen LogP contribution in [-0.2, 0) is 9.59 Å². The molecule has 0 spiro atoms. The fourth-order valence-corrected chi connectivity index (χ4v) is 3.43. The van der Waals surface area contributed by atoms with Crippen molar-refractivity contribution in [3.05, 3.63) is 59.1 Å². The minimum absolute atomic E-state index is 0.00863. The Kier molecular flexibility index (Phi) is 5.80. The van der Waals surface area contributed by atoms with E-state index >= 15 is 0 Å². The molecule has 6 nitrogen and oxygen atoms in total. The summed E-state index contributed by atoms with van der Waals surface area (Å²) in [5.74, 6) is 0.250. The van der Waals surface area contributed by atoms with Gasteiger partial charge in [0.25, 0.3) is 5.91 Å². The Labute approximate surface area is 159 Å². The molecule has 2 aromatic rings. The van der Waals surface area contributed by atoms with Crippen LogP contribution in [0.4, 0.5) is 11.4 Å². The van der Waals surface area contributed by atoms with E-state index in [1.807, 2.05) is 0 Å². The quantitative estimate of drug-likeness (QED) is 0.823. The number of anilines is 2. The van der Waals surface area contributed by atoms with Crippen molar-refractivity contribution in [3.63, 3.8) is 0 Å². The molecule has 1 aliphatic heterocycles. The van der Waals surface area contributed by atoms with E-state index in [0.29, 0.717) is 33.6 Å². The standard InChI is InChI=1S/C18H16ClN3O3S/c19-13-7-5-12(6-8-13)18(25)21-15-4-2-1-3-14(15)20-16(23)9-22-11-26-10-17(22)24/h1-8H,9-11H2,(H,20,23)(H,21,25). The topological polar surface area (TPSA) is 78.5 Å². The molecule has 1 saturated heterocycles. The van der Waals surface area contributed by atoms with Gasteiger partial charge in [0.15, 0.2) is 0 Å². The van der Waals surface area contributed by atoms with Crippen LogP contribution >= 0.6 is 23.4 Å². The zero-order valence-corrected chi connectivity index (χ0v) is 15.3. The van der Waals surface area contributed by atoms with E-state index in [1.54, 1.807) is 48.5 Å². The summed E-state index contributed by atoms with van der Waals surface area (Å²) in [5, 5.41) is 6.06. The van der Waals surface area contributed by atoms with Crippen molar-refractivity contribution in [2.45, 2.75) is 0 Å². The molecule has 26 heavy (non-hydrogen) atoms. The first kappa shape index (κ1) is 18.3. The van der Waals surface area contributed by atoms with Crippen molar-refractivity contribution in [1.82, 2.24) is 4.90 Å². The van der Waals surface area contributed by atoms with Crippen LogP contribution in [-0.4, -0.2) is 40.8 Å². The highest BCUT2D eigenvalue weighted by Gasteiger charge is 2.23. The summed E-state index contributed by atoms with van der Waals surface area (Å²) < 4.78 is 0. The Hall–Kier alpha value is -2.51. The molecule has 3 amide bonds. The van der Waals surface area contributed by atoms with Crippen LogP contribution < -0.4 is 10.6 Å². The molecule has 8 heteroatoms. The summed E-state index contributed by atoms with van der Waals surface area (Å²) in [5.41, 5.74) is 1.40. The number of nitrogens with zero attached hydrogens (tertiary/aromatic N) is 1. The van der Waals surface area contributed by atoms with E-state index in [-0.39, 0.29) is 24.3 Å². The van der Waals surface area contributed by atoms with E-state index in [4.69, 9.17) is 11.6 Å². The molecule has 2 aromatic carbocycles. The summed E-state index contributed by atoms with van der Waals surface area (Å²) in [4.78, 5) is 37.7. The van der Waals surface area contributed by atoms with Crippen LogP contribution in [0, 0.1) is 0 Å². The Bertz CT molecular complexity index is 842. The Morgan fingerprint density at radius 3 is 2.31 bits per heavy atom. The molecule has 0 bridgehead atoms. The molecule has 0 aromatic heterocycles. The van der Waals surface area contributed by atoms with Gasteiger partial charge in [-0.3, -0.25) is 14.4 Å². The van der Waals surface area contributed by atoms with Gasteiger partial charge >= 0.3 is 0 Å². The largest absolute Gasteiger partial charge is 0.323 e. The fraction of sp³-hybridized carbons (Fsp3) is 0.167. The molecule has 2 N–H and O–H groups in total. The molecule has 0 radical (unpaired) electrons. The highest BCUT2D eigenvalue weighted by molar-refractivity contribution is 8.00. The third-order valence-electron chi connectivity index (χ3n) is 3.72. The molecular formula is C18H16ClN3O3S. The smallest absolute Gasteiger partial charge is 0.255 e. The lowest BCUT2D eigenvalue weighted by Crippen LogP contribution is -2.34. The van der Waals surface area contributed by atoms with Gasteiger partial charge in [-0.05, 0) is 36.4 Å². The molecule has 1 heterocycles. The molecule has 0 atom stereocenters. The Morgan fingerprint density at radius 2 is 1.69 bits per heavy atom. The fourth-order valence-electron chi connectivity index (χ4n) is 2.40. The highest BCUT2D eigenvalue weighted by Crippen LogP contribution is 2.22. The minimum Gasteiger partial charge on any atom is -0.323 e. The van der Waals surface area contributed by atoms with Crippen molar-refractivity contribution < 1.29 is 14.4 Å². The number of carbonyl (C=O) groups excluding carboxylic acids is 3. The average Bonchev–Trinajstić information content (AvgIpc) is 3.02. The van der Waals surface area contributed by atoms with Crippen LogP contribution in [0.5, 0.6) is 0 Å². The zero-order valence-electron chi connectivity index (χ0n) is 13.7. The molecule has 0 aliphatic carbocycles. The second-order valence-electron chi connectivity index (χ2n) is 5.62. The molecule has 1 aliphatic rings. The molecule has 3 rings (SSSR count). The number of benzene rings is 2. The van der Waals surface area contributed by atoms with Gasteiger partial charge in [-0.25, -0.2) is 0 Å². The van der Waals surface area contributed by atoms with Gasteiger partial charge in [-0.2, -0.15) is 0 Å². The number of nitrogens with one attached hydrogen (secondary N) is 2. The monoisotopic (exact) mass is 389 g/mol. The van der Waals surface area contributed by atoms with Crippen molar-refractivity contribution >= 4 is 52.5 Å². The van der Waals surface area contributed by atoms with Crippen LogP contribution in [0.25, 0.3) is 0 Å². The van der Waals surface area contributed by atoms with Crippen molar-refractivity contribution in [2.75, 3.05) is 28.8 Å². The molecule has 134 valence electrons. The number of halogens is 1. The SMILES string of the molecule is O=C(CN1CSCC1=O)Nc1ccccc1NC(=O)c1ccc(Cl)cc1. The van der Waals surface area contributed by atoms with Gasteiger partial charge in [0.1, 0.15) is 6.54 Å². The molecular weight excluding hydrogens is 374 g/mol. The summed E-state index contributed by atoms with van der Waals surface area (Å²) in [7, 11) is 0. The van der Waals surface area contributed by atoms with Crippen LogP contribution in [0.15, 0.2) is 48.5 Å². The Balaban J connectivity index is 1.67. The third-order valence-corrected chi connectivity index (χ3v) is 4.91. The lowest BCUT2D eigenvalue weighted by Gasteiger charge is -2.16. The first-order valence-electron chi connectivity index (χ1n) is 7.84. The Morgan fingerprint density at radius 1 is 1.04 bits per heavy atom. The number of carbonyl (C=O) groups is 3. The lowest BCUT2D eigenvalue weighted by atomic mass is 10.2. The minimum atomic E-state index is -0.311. The molecule has 1 fully saturated rings. The van der Waals surface area contributed by atoms with Gasteiger partial charge in [0.05, 0.1) is 23.0 Å². The van der Waals surface area contributed by atoms with Crippen molar-refractivity contribution in [2.24, 2.45) is 0 Å². The van der Waals surface area contributed by atoms with E-state index in [2.05, 4.69) is 10.6 Å². The van der Waals surface area contributed by atoms with Crippen molar-refractivity contribution in [1.29, 1.82) is 0 Å². The summed E-state index contributed by atoms with van der Waals surface area (Å²) in [6.07, 6.45) is 0. The summed E-state index contributed by atoms with van der Waals surface area (Å²) in [6, 6.07) is 13.4. The molecule has 0 unspecified atom stereocenters. The first-order chi connectivity index (χ1) is 12.5. The van der Waals surface area contributed by atoms with Gasteiger partial charge in [0.2, 0.25) is 11.8 Å². The third kappa shape index (κ3) is 4.56. The van der Waals surface area contributed by atoms with Gasteiger partial charge in [-0.1, -0.05) is 23.7 Å². The second-order valence-corrected chi connectivity index (χ2v) is 7.02. The maximum atomic E-state index is 12.4. The summed E-state index contributed by atoms with van der Waals surface area (Å²) >= 11 is 7.31. The lowest BCUT2D eigenvalue weighted by molar-refractivity contribution is -0.130. The number of para-hydroxylation sites is 2. The predicted molar refractivity (Wildman–Crippen MR) is 104 cm³/mol. The van der Waals surface area contributed by atoms with Gasteiger partial charge in [-0.15, -0.1) is 11.8 Å². The van der Waals surface area contributed by atoms with Crippen LogP contribution in [0.3, 0.4) is 0 Å². The van der Waals surface area contributed by atoms with E-state index < -0.39 is 0 Å². The predicted octanol–water partition coefficient (Wildman–Crippen LogP) is 3.06. The maximum Gasteiger partial charge on any atom is 0.255 e. The van der Waals surface area contributed by atoms with Crippen molar-refractivity contribution in [3.8, 4) is 0 Å².